The van der Waals surface area contributed by atoms with Crippen molar-refractivity contribution < 1.29 is 19.1 Å². The number of anilines is 2. The van der Waals surface area contributed by atoms with Gasteiger partial charge in [-0.3, -0.25) is 9.59 Å². The Morgan fingerprint density at radius 3 is 2.38 bits per heavy atom. The highest BCUT2D eigenvalue weighted by Crippen LogP contribution is 2.32. The summed E-state index contributed by atoms with van der Waals surface area (Å²) in [5, 5.41) is 0. The highest BCUT2D eigenvalue weighted by Gasteiger charge is 2.21. The van der Waals surface area contributed by atoms with Gasteiger partial charge in [0.15, 0.2) is 0 Å². The normalized spacial score (nSPS) is 13.2. The summed E-state index contributed by atoms with van der Waals surface area (Å²) in [6, 6.07) is 10.9. The molecule has 1 heterocycles. The van der Waals surface area contributed by atoms with Gasteiger partial charge in [-0.2, -0.15) is 0 Å². The lowest BCUT2D eigenvalue weighted by molar-refractivity contribution is -0.132. The number of hydrogen-bond donors (Lipinski definition) is 1. The van der Waals surface area contributed by atoms with Crippen LogP contribution >= 0.6 is 24.8 Å². The Labute approximate surface area is 232 Å². The molecule has 0 aromatic heterocycles. The number of nitrogens with zero attached hydrogens (tertiary/aromatic N) is 3. The van der Waals surface area contributed by atoms with Gasteiger partial charge >= 0.3 is 0 Å². The van der Waals surface area contributed by atoms with Crippen LogP contribution in [-0.2, 0) is 4.79 Å². The van der Waals surface area contributed by atoms with Gasteiger partial charge in [-0.1, -0.05) is 12.1 Å². The van der Waals surface area contributed by atoms with Crippen molar-refractivity contribution in [2.75, 3.05) is 64.6 Å². The molecule has 0 spiro atoms. The molecule has 0 unspecified atom stereocenters. The molecule has 2 aromatic rings. The average Bonchev–Trinajstić information content (AvgIpc) is 2.85. The lowest BCUT2D eigenvalue weighted by atomic mass is 10.1. The maximum absolute atomic E-state index is 13.2. The first kappa shape index (κ1) is 32.3. The smallest absolute Gasteiger partial charge is 0.260 e. The third kappa shape index (κ3) is 8.69. The summed E-state index contributed by atoms with van der Waals surface area (Å²) in [5.74, 6) is 1.13. The number of amides is 2. The standard InChI is InChI=1S/C27H38N4O4.2ClH/c1-20-12-13-22(30(3)27(33)21-9-8-10-23(34-4)26(21)28)24(19-20)35-18-7-5-6-11-25(32)31-16-14-29(2)15-17-31;;/h8-10,12-13,19H,5-7,11,14-18,28H2,1-4H3;2*1H. The molecule has 2 aromatic carbocycles. The molecule has 1 saturated heterocycles. The fourth-order valence-electron chi connectivity index (χ4n) is 4.16. The highest BCUT2D eigenvalue weighted by atomic mass is 35.5. The minimum Gasteiger partial charge on any atom is -0.495 e. The van der Waals surface area contributed by atoms with Crippen LogP contribution in [0.5, 0.6) is 11.5 Å². The first-order valence-corrected chi connectivity index (χ1v) is 12.2. The number of rotatable bonds is 10. The molecule has 37 heavy (non-hydrogen) atoms. The predicted molar refractivity (Wildman–Crippen MR) is 154 cm³/mol. The minimum absolute atomic E-state index is 0. The van der Waals surface area contributed by atoms with Gasteiger partial charge in [0.2, 0.25) is 5.91 Å². The van der Waals surface area contributed by atoms with Crippen molar-refractivity contribution in [2.24, 2.45) is 0 Å². The Kier molecular flexibility index (Phi) is 13.6. The molecule has 10 heteroatoms. The number of hydrogen-bond acceptors (Lipinski definition) is 6. The molecule has 2 N–H and O–H groups in total. The van der Waals surface area contributed by atoms with Crippen molar-refractivity contribution in [3.63, 3.8) is 0 Å². The van der Waals surface area contributed by atoms with Gasteiger partial charge in [0.25, 0.3) is 5.91 Å². The molecule has 3 rings (SSSR count). The monoisotopic (exact) mass is 554 g/mol. The number of para-hydroxylation sites is 1. The lowest BCUT2D eigenvalue weighted by Crippen LogP contribution is -2.47. The van der Waals surface area contributed by atoms with Crippen LogP contribution in [0.3, 0.4) is 0 Å². The van der Waals surface area contributed by atoms with E-state index in [9.17, 15) is 9.59 Å². The van der Waals surface area contributed by atoms with Crippen molar-refractivity contribution in [3.05, 3.63) is 47.5 Å². The number of benzene rings is 2. The number of halogens is 2. The first-order chi connectivity index (χ1) is 16.8. The second-order valence-corrected chi connectivity index (χ2v) is 9.10. The molecule has 0 radical (unpaired) electrons. The largest absolute Gasteiger partial charge is 0.495 e. The van der Waals surface area contributed by atoms with Crippen molar-refractivity contribution >= 4 is 48.0 Å². The van der Waals surface area contributed by atoms with Gasteiger partial charge in [-0.05, 0) is 63.1 Å². The fourth-order valence-corrected chi connectivity index (χ4v) is 4.16. The number of likely N-dealkylation sites (N-methyl/N-ethyl adjacent to an activating group) is 1. The molecule has 1 aliphatic rings. The van der Waals surface area contributed by atoms with Gasteiger partial charge in [0, 0.05) is 39.6 Å². The van der Waals surface area contributed by atoms with E-state index in [0.717, 1.165) is 51.0 Å². The van der Waals surface area contributed by atoms with E-state index in [1.807, 2.05) is 30.0 Å². The van der Waals surface area contributed by atoms with E-state index in [1.54, 1.807) is 30.1 Å². The van der Waals surface area contributed by atoms with Crippen LogP contribution in [-0.4, -0.2) is 75.6 Å². The second-order valence-electron chi connectivity index (χ2n) is 9.10. The number of methoxy groups -OCH3 is 1. The van der Waals surface area contributed by atoms with Crippen LogP contribution in [0.1, 0.15) is 41.6 Å². The zero-order valence-corrected chi connectivity index (χ0v) is 23.8. The number of carbonyl (C=O) groups is 2. The van der Waals surface area contributed by atoms with Gasteiger partial charge < -0.3 is 29.9 Å². The molecule has 1 fully saturated rings. The minimum atomic E-state index is -0.238. The summed E-state index contributed by atoms with van der Waals surface area (Å²) in [4.78, 5) is 31.3. The number of carbonyl (C=O) groups excluding carboxylic acids is 2. The van der Waals surface area contributed by atoms with E-state index in [2.05, 4.69) is 11.9 Å². The molecule has 206 valence electrons. The fraction of sp³-hybridized carbons (Fsp3) is 0.481. The Morgan fingerprint density at radius 2 is 1.70 bits per heavy atom. The Morgan fingerprint density at radius 1 is 1.00 bits per heavy atom. The Bertz CT molecular complexity index is 1030. The van der Waals surface area contributed by atoms with Gasteiger partial charge in [0.1, 0.15) is 11.5 Å². The number of nitrogen functional groups attached to an aromatic ring is 1. The van der Waals surface area contributed by atoms with Gasteiger partial charge in [0.05, 0.1) is 30.7 Å². The summed E-state index contributed by atoms with van der Waals surface area (Å²) >= 11 is 0. The molecule has 0 saturated carbocycles. The van der Waals surface area contributed by atoms with Crippen molar-refractivity contribution in [1.82, 2.24) is 9.80 Å². The predicted octanol–water partition coefficient (Wildman–Crippen LogP) is 4.42. The topological polar surface area (TPSA) is 88.3 Å². The Balaban J connectivity index is 0.00000342. The average molecular weight is 556 g/mol. The summed E-state index contributed by atoms with van der Waals surface area (Å²) in [7, 11) is 5.32. The quantitative estimate of drug-likeness (QED) is 0.345. The molecule has 1 aliphatic heterocycles. The summed E-state index contributed by atoms with van der Waals surface area (Å²) in [6.07, 6.45) is 3.18. The third-order valence-electron chi connectivity index (χ3n) is 6.45. The van der Waals surface area contributed by atoms with Crippen LogP contribution in [0.4, 0.5) is 11.4 Å². The third-order valence-corrected chi connectivity index (χ3v) is 6.45. The number of piperazine rings is 1. The summed E-state index contributed by atoms with van der Waals surface area (Å²) in [5.41, 5.74) is 8.55. The van der Waals surface area contributed by atoms with Crippen molar-refractivity contribution in [3.8, 4) is 11.5 Å². The van der Waals surface area contributed by atoms with Gasteiger partial charge in [-0.15, -0.1) is 24.8 Å². The van der Waals surface area contributed by atoms with Gasteiger partial charge in [-0.25, -0.2) is 0 Å². The van der Waals surface area contributed by atoms with Crippen molar-refractivity contribution in [2.45, 2.75) is 32.6 Å². The molecule has 8 nitrogen and oxygen atoms in total. The van der Waals surface area contributed by atoms with Crippen LogP contribution in [0.2, 0.25) is 0 Å². The van der Waals surface area contributed by atoms with Crippen LogP contribution in [0.25, 0.3) is 0 Å². The molecule has 0 bridgehead atoms. The van der Waals surface area contributed by atoms with E-state index in [4.69, 9.17) is 15.2 Å². The van der Waals surface area contributed by atoms with Crippen LogP contribution in [0, 0.1) is 6.92 Å². The van der Waals surface area contributed by atoms with E-state index in [-0.39, 0.29) is 36.6 Å². The molecular weight excluding hydrogens is 515 g/mol. The summed E-state index contributed by atoms with van der Waals surface area (Å²) in [6.45, 7) is 6.04. The maximum atomic E-state index is 13.2. The maximum Gasteiger partial charge on any atom is 0.260 e. The molecular formula is C27H40Cl2N4O4. The molecule has 2 amide bonds. The second kappa shape index (κ2) is 15.5. The van der Waals surface area contributed by atoms with E-state index in [0.29, 0.717) is 41.5 Å². The van der Waals surface area contributed by atoms with Crippen LogP contribution < -0.4 is 20.1 Å². The number of aryl methyl sites for hydroxylation is 1. The number of ether oxygens (including phenoxy) is 2. The number of unbranched alkanes of at least 4 members (excludes halogenated alkanes) is 2. The highest BCUT2D eigenvalue weighted by molar-refractivity contribution is 6.10. The van der Waals surface area contributed by atoms with E-state index < -0.39 is 0 Å². The van der Waals surface area contributed by atoms with E-state index in [1.165, 1.54) is 7.11 Å². The first-order valence-electron chi connectivity index (χ1n) is 12.2. The lowest BCUT2D eigenvalue weighted by Gasteiger charge is -2.32. The zero-order chi connectivity index (χ0) is 25.4. The van der Waals surface area contributed by atoms with Crippen LogP contribution in [0.15, 0.2) is 36.4 Å². The SMILES string of the molecule is COc1cccc(C(=O)N(C)c2ccc(C)cc2OCCCCCC(=O)N2CCN(C)CC2)c1N.Cl.Cl. The molecule has 0 aliphatic carbocycles. The zero-order valence-electron chi connectivity index (χ0n) is 22.2. The Hall–Kier alpha value is -2.68. The summed E-state index contributed by atoms with van der Waals surface area (Å²) < 4.78 is 11.3. The van der Waals surface area contributed by atoms with E-state index >= 15 is 0 Å². The van der Waals surface area contributed by atoms with Crippen molar-refractivity contribution in [1.29, 1.82) is 0 Å². The number of nitrogens with two attached hydrogens (primary N) is 1. The molecule has 0 atom stereocenters.